The third-order valence-corrected chi connectivity index (χ3v) is 1.94. The van der Waals surface area contributed by atoms with E-state index in [4.69, 9.17) is 0 Å². The highest BCUT2D eigenvalue weighted by Gasteiger charge is 2.01. The number of hydrogen-bond donors (Lipinski definition) is 1. The summed E-state index contributed by atoms with van der Waals surface area (Å²) in [5.41, 5.74) is 2.25. The lowest BCUT2D eigenvalue weighted by molar-refractivity contribution is 0.168. The van der Waals surface area contributed by atoms with Gasteiger partial charge in [0.1, 0.15) is 0 Å². The molecular weight excluding hydrogens is 160 g/mol. The quantitative estimate of drug-likeness (QED) is 0.491. The molecule has 0 aliphatic heterocycles. The molecular formula is C12H20O. The smallest absolute Gasteiger partial charge is 0.0577 e. The van der Waals surface area contributed by atoms with Crippen molar-refractivity contribution in [3.8, 4) is 0 Å². The molecule has 0 aromatic heterocycles. The second-order valence-electron chi connectivity index (χ2n) is 3.54. The van der Waals surface area contributed by atoms with Crippen molar-refractivity contribution in [2.24, 2.45) is 0 Å². The van der Waals surface area contributed by atoms with Crippen LogP contribution >= 0.6 is 0 Å². The van der Waals surface area contributed by atoms with E-state index in [9.17, 15) is 5.11 Å². The number of hydrogen-bond acceptors (Lipinski definition) is 1. The van der Waals surface area contributed by atoms with Crippen molar-refractivity contribution < 1.29 is 5.11 Å². The highest BCUT2D eigenvalue weighted by molar-refractivity contribution is 5.12. The van der Waals surface area contributed by atoms with Gasteiger partial charge in [0.2, 0.25) is 0 Å². The fourth-order valence-corrected chi connectivity index (χ4v) is 0.936. The summed E-state index contributed by atoms with van der Waals surface area (Å²) in [6, 6.07) is 0. The van der Waals surface area contributed by atoms with E-state index in [-0.39, 0.29) is 6.10 Å². The molecule has 0 spiro atoms. The Labute approximate surface area is 81.5 Å². The molecule has 0 aromatic carbocycles. The lowest BCUT2D eigenvalue weighted by Gasteiger charge is -2.07. The van der Waals surface area contributed by atoms with Crippen molar-refractivity contribution in [1.82, 2.24) is 0 Å². The molecule has 0 bridgehead atoms. The zero-order valence-electron chi connectivity index (χ0n) is 8.71. The molecule has 0 aromatic rings. The lowest BCUT2D eigenvalue weighted by Crippen LogP contribution is -2.04. The monoisotopic (exact) mass is 180 g/mol. The Morgan fingerprint density at radius 1 is 1.46 bits per heavy atom. The first-order chi connectivity index (χ1) is 6.06. The van der Waals surface area contributed by atoms with Crippen LogP contribution < -0.4 is 0 Å². The predicted molar refractivity (Wildman–Crippen MR) is 58.6 cm³/mol. The number of aliphatic hydroxyl groups excluding tert-OH is 1. The summed E-state index contributed by atoms with van der Waals surface area (Å²) < 4.78 is 0. The Bertz CT molecular complexity index is 201. The minimum Gasteiger partial charge on any atom is -0.393 e. The first-order valence-electron chi connectivity index (χ1n) is 4.68. The van der Waals surface area contributed by atoms with Crippen LogP contribution in [0.4, 0.5) is 0 Å². The summed E-state index contributed by atoms with van der Waals surface area (Å²) in [5, 5.41) is 9.52. The third kappa shape index (κ3) is 7.54. The summed E-state index contributed by atoms with van der Waals surface area (Å²) in [6.45, 7) is 11.4. The maximum absolute atomic E-state index is 9.52. The van der Waals surface area contributed by atoms with Gasteiger partial charge in [0.25, 0.3) is 0 Å². The maximum atomic E-state index is 9.52. The first-order valence-corrected chi connectivity index (χ1v) is 4.68. The first kappa shape index (κ1) is 12.2. The highest BCUT2D eigenvalue weighted by atomic mass is 16.3. The van der Waals surface area contributed by atoms with E-state index < -0.39 is 0 Å². The fraction of sp³-hybridized carbons (Fsp3) is 0.500. The van der Waals surface area contributed by atoms with Gasteiger partial charge >= 0.3 is 0 Å². The SMILES string of the molecule is C=C/C(C)=C/CC(O)CCC(=C)C. The molecule has 0 aliphatic carbocycles. The predicted octanol–water partition coefficient (Wildman–Crippen LogP) is 3.23. The summed E-state index contributed by atoms with van der Waals surface area (Å²) >= 11 is 0. The topological polar surface area (TPSA) is 20.2 Å². The Kier molecular flexibility index (Phi) is 6.25. The van der Waals surface area contributed by atoms with Crippen molar-refractivity contribution in [1.29, 1.82) is 0 Å². The Morgan fingerprint density at radius 2 is 2.08 bits per heavy atom. The second-order valence-corrected chi connectivity index (χ2v) is 3.54. The van der Waals surface area contributed by atoms with E-state index >= 15 is 0 Å². The molecule has 0 saturated carbocycles. The lowest BCUT2D eigenvalue weighted by atomic mass is 10.1. The minimum atomic E-state index is -0.244. The van der Waals surface area contributed by atoms with Crippen LogP contribution in [0.25, 0.3) is 0 Å². The van der Waals surface area contributed by atoms with Gasteiger partial charge in [-0.1, -0.05) is 29.9 Å². The molecule has 0 rings (SSSR count). The maximum Gasteiger partial charge on any atom is 0.0577 e. The molecule has 0 aliphatic rings. The Morgan fingerprint density at radius 3 is 2.54 bits per heavy atom. The van der Waals surface area contributed by atoms with Gasteiger partial charge < -0.3 is 5.11 Å². The fourth-order valence-electron chi connectivity index (χ4n) is 0.936. The molecule has 0 amide bonds. The van der Waals surface area contributed by atoms with Gasteiger partial charge in [-0.15, -0.1) is 6.58 Å². The molecule has 74 valence electrons. The van der Waals surface area contributed by atoms with Crippen LogP contribution in [0.5, 0.6) is 0 Å². The summed E-state index contributed by atoms with van der Waals surface area (Å²) in [6.07, 6.45) is 5.98. The highest BCUT2D eigenvalue weighted by Crippen LogP contribution is 2.09. The van der Waals surface area contributed by atoms with Crippen LogP contribution in [-0.4, -0.2) is 11.2 Å². The van der Waals surface area contributed by atoms with Gasteiger partial charge in [-0.25, -0.2) is 0 Å². The van der Waals surface area contributed by atoms with Crippen molar-refractivity contribution in [2.45, 2.75) is 39.2 Å². The molecule has 1 unspecified atom stereocenters. The van der Waals surface area contributed by atoms with Crippen LogP contribution in [0.3, 0.4) is 0 Å². The van der Waals surface area contributed by atoms with Crippen molar-refractivity contribution >= 4 is 0 Å². The Hall–Kier alpha value is -0.820. The molecule has 1 heteroatoms. The van der Waals surface area contributed by atoms with Gasteiger partial charge in [0.15, 0.2) is 0 Å². The minimum absolute atomic E-state index is 0.244. The van der Waals surface area contributed by atoms with Crippen LogP contribution in [-0.2, 0) is 0 Å². The normalized spacial score (nSPS) is 13.9. The summed E-state index contributed by atoms with van der Waals surface area (Å²) in [4.78, 5) is 0. The van der Waals surface area contributed by atoms with Gasteiger partial charge in [-0.2, -0.15) is 0 Å². The van der Waals surface area contributed by atoms with E-state index in [0.29, 0.717) is 6.42 Å². The number of rotatable bonds is 6. The standard InChI is InChI=1S/C12H20O/c1-5-11(4)7-9-12(13)8-6-10(2)3/h5,7,12-13H,1-2,6,8-9H2,3-4H3/b11-7+. The average Bonchev–Trinajstić information content (AvgIpc) is 2.10. The van der Waals surface area contributed by atoms with Crippen molar-refractivity contribution in [2.75, 3.05) is 0 Å². The largest absolute Gasteiger partial charge is 0.393 e. The van der Waals surface area contributed by atoms with E-state index in [1.807, 2.05) is 19.9 Å². The molecule has 0 saturated heterocycles. The van der Waals surface area contributed by atoms with Crippen LogP contribution in [0.15, 0.2) is 36.5 Å². The van der Waals surface area contributed by atoms with Gasteiger partial charge in [0, 0.05) is 0 Å². The Balaban J connectivity index is 3.68. The molecule has 1 N–H and O–H groups in total. The van der Waals surface area contributed by atoms with Gasteiger partial charge in [-0.05, 0) is 33.1 Å². The average molecular weight is 180 g/mol. The van der Waals surface area contributed by atoms with Gasteiger partial charge in [0.05, 0.1) is 6.10 Å². The van der Waals surface area contributed by atoms with E-state index in [2.05, 4.69) is 13.2 Å². The van der Waals surface area contributed by atoms with E-state index in [1.165, 1.54) is 0 Å². The number of allylic oxidation sites excluding steroid dienone is 3. The number of aliphatic hydroxyl groups is 1. The third-order valence-electron chi connectivity index (χ3n) is 1.94. The summed E-state index contributed by atoms with van der Waals surface area (Å²) in [5.74, 6) is 0. The van der Waals surface area contributed by atoms with Gasteiger partial charge in [-0.3, -0.25) is 0 Å². The molecule has 1 atom stereocenters. The molecule has 0 heterocycles. The zero-order chi connectivity index (χ0) is 10.3. The zero-order valence-corrected chi connectivity index (χ0v) is 8.71. The molecule has 0 fully saturated rings. The summed E-state index contributed by atoms with van der Waals surface area (Å²) in [7, 11) is 0. The van der Waals surface area contributed by atoms with Crippen molar-refractivity contribution in [3.05, 3.63) is 36.5 Å². The molecule has 13 heavy (non-hydrogen) atoms. The van der Waals surface area contributed by atoms with E-state index in [1.54, 1.807) is 6.08 Å². The van der Waals surface area contributed by atoms with Crippen molar-refractivity contribution in [3.63, 3.8) is 0 Å². The second kappa shape index (κ2) is 6.67. The van der Waals surface area contributed by atoms with Crippen LogP contribution in [0.1, 0.15) is 33.1 Å². The van der Waals surface area contributed by atoms with Crippen LogP contribution in [0.2, 0.25) is 0 Å². The molecule has 0 radical (unpaired) electrons. The van der Waals surface area contributed by atoms with Crippen LogP contribution in [0, 0.1) is 0 Å². The van der Waals surface area contributed by atoms with E-state index in [0.717, 1.165) is 24.0 Å². The molecule has 1 nitrogen and oxygen atoms in total.